The molecule has 0 aromatic heterocycles. The molecule has 28 heavy (non-hydrogen) atoms. The molecule has 2 amide bonds. The Morgan fingerprint density at radius 3 is 2.54 bits per heavy atom. The van der Waals surface area contributed by atoms with Crippen LogP contribution in [0.4, 0.5) is 0 Å². The van der Waals surface area contributed by atoms with E-state index in [0.717, 1.165) is 58.3 Å². The van der Waals surface area contributed by atoms with Crippen LogP contribution in [0.15, 0.2) is 24.3 Å². The monoisotopic (exact) mass is 407 g/mol. The maximum absolute atomic E-state index is 12.8. The quantitative estimate of drug-likeness (QED) is 0.802. The topological polar surface area (TPSA) is 72.9 Å². The van der Waals surface area contributed by atoms with Crippen molar-refractivity contribution in [1.29, 1.82) is 0 Å². The molecule has 2 fully saturated rings. The van der Waals surface area contributed by atoms with Gasteiger partial charge in [-0.3, -0.25) is 9.59 Å². The van der Waals surface area contributed by atoms with Gasteiger partial charge in [0.1, 0.15) is 0 Å². The number of nitrogens with one attached hydrogen (secondary N) is 1. The normalized spacial score (nSPS) is 25.0. The largest absolute Gasteiger partial charge is 0.378 e. The first kappa shape index (κ1) is 21.1. The van der Waals surface area contributed by atoms with Crippen molar-refractivity contribution in [3.8, 4) is 0 Å². The van der Waals surface area contributed by atoms with Crippen LogP contribution in [0, 0.1) is 5.92 Å². The number of likely N-dealkylation sites (N-methyl/N-ethyl adjacent to an activating group) is 1. The van der Waals surface area contributed by atoms with Gasteiger partial charge in [-0.25, -0.2) is 0 Å². The number of hydrogen-bond donors (Lipinski definition) is 2. The number of rotatable bonds is 4. The van der Waals surface area contributed by atoms with Crippen molar-refractivity contribution in [3.05, 3.63) is 34.9 Å². The van der Waals surface area contributed by atoms with Crippen molar-refractivity contribution < 1.29 is 14.7 Å². The number of hydrogen-bond acceptors (Lipinski definition) is 4. The van der Waals surface area contributed by atoms with Gasteiger partial charge in [-0.05, 0) is 51.8 Å². The fourth-order valence-electron chi connectivity index (χ4n) is 4.13. The molecule has 3 rings (SSSR count). The second kappa shape index (κ2) is 9.72. The average Bonchev–Trinajstić information content (AvgIpc) is 2.92. The summed E-state index contributed by atoms with van der Waals surface area (Å²) >= 11 is 6.07. The standard InChI is InChI=1S/C21H30ClN3O3/c1-24-11-4-12-25(14-13-24)21(28)15-7-9-16(10-8-15)23-20(27)19(26)17-5-2-3-6-18(17)22/h2-3,5-6,15-16,19,26H,4,7-14H2,1H3,(H,23,27). The lowest BCUT2D eigenvalue weighted by molar-refractivity contribution is -0.136. The Bertz CT molecular complexity index is 691. The SMILES string of the molecule is CN1CCCN(C(=O)C2CCC(NC(=O)C(O)c3ccccc3Cl)CC2)CC1. The van der Waals surface area contributed by atoms with Gasteiger partial charge in [-0.1, -0.05) is 29.8 Å². The molecule has 2 aliphatic rings. The van der Waals surface area contributed by atoms with E-state index in [1.54, 1.807) is 24.3 Å². The molecule has 1 aliphatic carbocycles. The summed E-state index contributed by atoms with van der Waals surface area (Å²) < 4.78 is 0. The number of amides is 2. The van der Waals surface area contributed by atoms with E-state index in [2.05, 4.69) is 17.3 Å². The molecule has 1 saturated carbocycles. The minimum absolute atomic E-state index is 0.0102. The maximum atomic E-state index is 12.8. The predicted molar refractivity (Wildman–Crippen MR) is 109 cm³/mol. The Kier molecular flexibility index (Phi) is 7.32. The molecule has 1 aliphatic heterocycles. The zero-order chi connectivity index (χ0) is 20.1. The molecule has 6 nitrogen and oxygen atoms in total. The van der Waals surface area contributed by atoms with E-state index in [0.29, 0.717) is 10.6 Å². The number of aliphatic hydroxyl groups excluding tert-OH is 1. The van der Waals surface area contributed by atoms with Crippen LogP contribution in [0.1, 0.15) is 43.8 Å². The summed E-state index contributed by atoms with van der Waals surface area (Å²) in [5, 5.41) is 13.6. The van der Waals surface area contributed by atoms with Gasteiger partial charge in [-0.2, -0.15) is 0 Å². The summed E-state index contributed by atoms with van der Waals surface area (Å²) in [5.74, 6) is -0.125. The highest BCUT2D eigenvalue weighted by molar-refractivity contribution is 6.31. The summed E-state index contributed by atoms with van der Waals surface area (Å²) in [7, 11) is 2.10. The fourth-order valence-corrected chi connectivity index (χ4v) is 4.37. The smallest absolute Gasteiger partial charge is 0.253 e. The third-order valence-corrected chi connectivity index (χ3v) is 6.25. The Morgan fingerprint density at radius 1 is 1.11 bits per heavy atom. The van der Waals surface area contributed by atoms with Crippen LogP contribution in [0.3, 0.4) is 0 Å². The molecule has 1 unspecified atom stereocenters. The van der Waals surface area contributed by atoms with Crippen LogP contribution in [-0.4, -0.2) is 66.0 Å². The van der Waals surface area contributed by atoms with E-state index in [4.69, 9.17) is 11.6 Å². The third-order valence-electron chi connectivity index (χ3n) is 5.90. The van der Waals surface area contributed by atoms with E-state index in [-0.39, 0.29) is 17.9 Å². The number of carbonyl (C=O) groups is 2. The van der Waals surface area contributed by atoms with Crippen molar-refractivity contribution >= 4 is 23.4 Å². The van der Waals surface area contributed by atoms with Gasteiger partial charge in [-0.15, -0.1) is 0 Å². The predicted octanol–water partition coefficient (Wildman–Crippen LogP) is 2.21. The Morgan fingerprint density at radius 2 is 1.82 bits per heavy atom. The van der Waals surface area contributed by atoms with Gasteiger partial charge in [0.05, 0.1) is 0 Å². The lowest BCUT2D eigenvalue weighted by Crippen LogP contribution is -2.44. The van der Waals surface area contributed by atoms with Crippen molar-refractivity contribution in [2.24, 2.45) is 5.92 Å². The molecular weight excluding hydrogens is 378 g/mol. The molecule has 1 aromatic carbocycles. The van der Waals surface area contributed by atoms with E-state index >= 15 is 0 Å². The van der Waals surface area contributed by atoms with Crippen LogP contribution >= 0.6 is 11.6 Å². The molecule has 1 heterocycles. The van der Waals surface area contributed by atoms with Crippen LogP contribution in [-0.2, 0) is 9.59 Å². The minimum atomic E-state index is -1.28. The maximum Gasteiger partial charge on any atom is 0.253 e. The van der Waals surface area contributed by atoms with Crippen LogP contribution in [0.2, 0.25) is 5.02 Å². The van der Waals surface area contributed by atoms with E-state index in [1.807, 2.05) is 4.90 Å². The highest BCUT2D eigenvalue weighted by Gasteiger charge is 2.31. The third kappa shape index (κ3) is 5.25. The second-order valence-electron chi connectivity index (χ2n) is 7.96. The molecular formula is C21H30ClN3O3. The lowest BCUT2D eigenvalue weighted by Gasteiger charge is -2.32. The molecule has 1 aromatic rings. The van der Waals surface area contributed by atoms with Crippen LogP contribution < -0.4 is 5.32 Å². The van der Waals surface area contributed by atoms with Crippen molar-refractivity contribution in [2.75, 3.05) is 33.2 Å². The van der Waals surface area contributed by atoms with Crippen LogP contribution in [0.5, 0.6) is 0 Å². The van der Waals surface area contributed by atoms with Crippen molar-refractivity contribution in [1.82, 2.24) is 15.1 Å². The van der Waals surface area contributed by atoms with Gasteiger partial charge < -0.3 is 20.2 Å². The number of halogens is 1. The van der Waals surface area contributed by atoms with Crippen LogP contribution in [0.25, 0.3) is 0 Å². The van der Waals surface area contributed by atoms with Gasteiger partial charge in [0.15, 0.2) is 6.10 Å². The van der Waals surface area contributed by atoms with Gasteiger partial charge in [0.2, 0.25) is 5.91 Å². The Hall–Kier alpha value is -1.63. The first-order valence-electron chi connectivity index (χ1n) is 10.2. The number of aliphatic hydroxyl groups is 1. The summed E-state index contributed by atoms with van der Waals surface area (Å²) in [6.45, 7) is 3.60. The first-order valence-corrected chi connectivity index (χ1v) is 10.5. The van der Waals surface area contributed by atoms with Gasteiger partial charge in [0.25, 0.3) is 5.91 Å². The van der Waals surface area contributed by atoms with Gasteiger partial charge >= 0.3 is 0 Å². The Balaban J connectivity index is 1.48. The summed E-state index contributed by atoms with van der Waals surface area (Å²) in [6.07, 6.45) is 2.81. The molecule has 7 heteroatoms. The number of carbonyl (C=O) groups excluding carboxylic acids is 2. The molecule has 0 radical (unpaired) electrons. The molecule has 1 atom stereocenters. The van der Waals surface area contributed by atoms with E-state index in [9.17, 15) is 14.7 Å². The fraction of sp³-hybridized carbons (Fsp3) is 0.619. The Labute approximate surface area is 171 Å². The zero-order valence-electron chi connectivity index (χ0n) is 16.4. The molecule has 0 spiro atoms. The highest BCUT2D eigenvalue weighted by Crippen LogP contribution is 2.28. The van der Waals surface area contributed by atoms with Gasteiger partial charge in [0, 0.05) is 42.2 Å². The average molecular weight is 408 g/mol. The van der Waals surface area contributed by atoms with E-state index in [1.165, 1.54) is 0 Å². The molecule has 2 N–H and O–H groups in total. The van der Waals surface area contributed by atoms with Crippen molar-refractivity contribution in [3.63, 3.8) is 0 Å². The lowest BCUT2D eigenvalue weighted by atomic mass is 9.85. The number of benzene rings is 1. The summed E-state index contributed by atoms with van der Waals surface area (Å²) in [5.41, 5.74) is 0.414. The van der Waals surface area contributed by atoms with E-state index < -0.39 is 12.0 Å². The summed E-state index contributed by atoms with van der Waals surface area (Å²) in [6, 6.07) is 6.81. The minimum Gasteiger partial charge on any atom is -0.378 e. The zero-order valence-corrected chi connectivity index (χ0v) is 17.2. The highest BCUT2D eigenvalue weighted by atomic mass is 35.5. The van der Waals surface area contributed by atoms with Crippen molar-refractivity contribution in [2.45, 2.75) is 44.2 Å². The number of nitrogens with zero attached hydrogens (tertiary/aromatic N) is 2. The summed E-state index contributed by atoms with van der Waals surface area (Å²) in [4.78, 5) is 29.5. The second-order valence-corrected chi connectivity index (χ2v) is 8.37. The molecule has 0 bridgehead atoms. The molecule has 154 valence electrons. The molecule has 1 saturated heterocycles. The first-order chi connectivity index (χ1) is 13.5.